The van der Waals surface area contributed by atoms with Crippen LogP contribution < -0.4 is 5.32 Å². The molecule has 0 aliphatic heterocycles. The van der Waals surface area contributed by atoms with E-state index in [1.807, 2.05) is 6.92 Å². The molecule has 0 heterocycles. The molecule has 88 valence electrons. The number of aliphatic carboxylic acids is 1. The lowest BCUT2D eigenvalue weighted by Crippen LogP contribution is -2.47. The second kappa shape index (κ2) is 7.05. The van der Waals surface area contributed by atoms with E-state index in [1.165, 1.54) is 11.8 Å². The lowest BCUT2D eigenvalue weighted by molar-refractivity contribution is -0.138. The summed E-state index contributed by atoms with van der Waals surface area (Å²) in [4.78, 5) is 23.4. The van der Waals surface area contributed by atoms with Crippen LogP contribution in [0.15, 0.2) is 0 Å². The number of nitrogens with one attached hydrogen (secondary N) is 1. The van der Waals surface area contributed by atoms with E-state index in [1.54, 1.807) is 0 Å². The predicted molar refractivity (Wildman–Crippen MR) is 54.6 cm³/mol. The monoisotopic (exact) mass is 218 g/mol. The van der Waals surface area contributed by atoms with Gasteiger partial charge in [0, 0.05) is 13.1 Å². The number of carboxylic acid groups (broad SMARTS) is 1. The fraction of sp³-hybridized carbons (Fsp3) is 0.778. The van der Waals surface area contributed by atoms with Crippen molar-refractivity contribution in [3.8, 4) is 0 Å². The SMILES string of the molecule is CCCN(CCO)C(=O)NC(C)C(=O)O. The van der Waals surface area contributed by atoms with Gasteiger partial charge in [-0.3, -0.25) is 4.79 Å². The second-order valence-electron chi connectivity index (χ2n) is 3.22. The normalized spacial score (nSPS) is 11.9. The molecule has 0 aliphatic rings. The van der Waals surface area contributed by atoms with Gasteiger partial charge in [-0.25, -0.2) is 4.79 Å². The Bertz CT molecular complexity index is 214. The number of hydrogen-bond acceptors (Lipinski definition) is 3. The van der Waals surface area contributed by atoms with E-state index >= 15 is 0 Å². The third kappa shape index (κ3) is 5.21. The lowest BCUT2D eigenvalue weighted by atomic mass is 10.3. The molecule has 6 heteroatoms. The van der Waals surface area contributed by atoms with Gasteiger partial charge in [0.2, 0.25) is 0 Å². The van der Waals surface area contributed by atoms with Gasteiger partial charge in [-0.2, -0.15) is 0 Å². The summed E-state index contributed by atoms with van der Waals surface area (Å²) in [6.07, 6.45) is 0.759. The molecule has 0 saturated carbocycles. The van der Waals surface area contributed by atoms with Crippen molar-refractivity contribution >= 4 is 12.0 Å². The zero-order valence-corrected chi connectivity index (χ0v) is 9.06. The summed E-state index contributed by atoms with van der Waals surface area (Å²) in [5, 5.41) is 19.6. The Morgan fingerprint density at radius 1 is 1.40 bits per heavy atom. The maximum absolute atomic E-state index is 11.5. The van der Waals surface area contributed by atoms with E-state index in [0.717, 1.165) is 6.42 Å². The first-order chi connectivity index (χ1) is 7.02. The van der Waals surface area contributed by atoms with Crippen molar-refractivity contribution in [1.82, 2.24) is 10.2 Å². The van der Waals surface area contributed by atoms with Gasteiger partial charge in [0.1, 0.15) is 6.04 Å². The molecule has 0 radical (unpaired) electrons. The van der Waals surface area contributed by atoms with Crippen molar-refractivity contribution in [3.63, 3.8) is 0 Å². The van der Waals surface area contributed by atoms with Gasteiger partial charge in [-0.15, -0.1) is 0 Å². The van der Waals surface area contributed by atoms with Crippen LogP contribution in [-0.4, -0.2) is 52.9 Å². The summed E-state index contributed by atoms with van der Waals surface area (Å²) in [6, 6.07) is -1.38. The minimum Gasteiger partial charge on any atom is -0.480 e. The maximum Gasteiger partial charge on any atom is 0.325 e. The average Bonchev–Trinajstić information content (AvgIpc) is 2.17. The van der Waals surface area contributed by atoms with Crippen LogP contribution in [0.25, 0.3) is 0 Å². The number of carbonyl (C=O) groups is 2. The highest BCUT2D eigenvalue weighted by atomic mass is 16.4. The van der Waals surface area contributed by atoms with Crippen molar-refractivity contribution in [1.29, 1.82) is 0 Å². The molecular weight excluding hydrogens is 200 g/mol. The van der Waals surface area contributed by atoms with Crippen LogP contribution in [-0.2, 0) is 4.79 Å². The number of aliphatic hydroxyl groups is 1. The van der Waals surface area contributed by atoms with Gasteiger partial charge in [0.25, 0.3) is 0 Å². The first-order valence-corrected chi connectivity index (χ1v) is 4.92. The number of nitrogens with zero attached hydrogens (tertiary/aromatic N) is 1. The molecule has 0 fully saturated rings. The molecule has 1 unspecified atom stereocenters. The Balaban J connectivity index is 4.18. The Kier molecular flexibility index (Phi) is 6.44. The number of hydrogen-bond donors (Lipinski definition) is 3. The zero-order valence-electron chi connectivity index (χ0n) is 9.06. The molecule has 0 aliphatic carbocycles. The van der Waals surface area contributed by atoms with E-state index < -0.39 is 18.0 Å². The first kappa shape index (κ1) is 13.7. The molecule has 0 aromatic rings. The van der Waals surface area contributed by atoms with Crippen LogP contribution in [0.4, 0.5) is 4.79 Å². The summed E-state index contributed by atoms with van der Waals surface area (Å²) < 4.78 is 0. The first-order valence-electron chi connectivity index (χ1n) is 4.92. The summed E-state index contributed by atoms with van der Waals surface area (Å²) in [7, 11) is 0. The lowest BCUT2D eigenvalue weighted by Gasteiger charge is -2.22. The average molecular weight is 218 g/mol. The number of rotatable bonds is 6. The van der Waals surface area contributed by atoms with Crippen molar-refractivity contribution in [2.24, 2.45) is 0 Å². The van der Waals surface area contributed by atoms with Crippen LogP contribution in [0.1, 0.15) is 20.3 Å². The van der Waals surface area contributed by atoms with Gasteiger partial charge in [-0.05, 0) is 13.3 Å². The van der Waals surface area contributed by atoms with Crippen molar-refractivity contribution in [2.75, 3.05) is 19.7 Å². The fourth-order valence-electron chi connectivity index (χ4n) is 1.04. The molecule has 0 spiro atoms. The minimum atomic E-state index is -1.08. The van der Waals surface area contributed by atoms with Crippen LogP contribution in [0.5, 0.6) is 0 Å². The third-order valence-corrected chi connectivity index (χ3v) is 1.86. The second-order valence-corrected chi connectivity index (χ2v) is 3.22. The molecule has 1 atom stereocenters. The smallest absolute Gasteiger partial charge is 0.325 e. The Labute approximate surface area is 88.9 Å². The quantitative estimate of drug-likeness (QED) is 0.579. The standard InChI is InChI=1S/C9H18N2O4/c1-3-4-11(5-6-12)9(15)10-7(2)8(13)14/h7,12H,3-6H2,1-2H3,(H,10,15)(H,13,14). The number of aliphatic hydroxyl groups excluding tert-OH is 1. The van der Waals surface area contributed by atoms with E-state index in [2.05, 4.69) is 5.32 Å². The molecule has 3 N–H and O–H groups in total. The highest BCUT2D eigenvalue weighted by Crippen LogP contribution is 1.93. The molecular formula is C9H18N2O4. The molecule has 2 amide bonds. The van der Waals surface area contributed by atoms with E-state index in [4.69, 9.17) is 10.2 Å². The molecule has 0 bridgehead atoms. The van der Waals surface area contributed by atoms with Crippen LogP contribution >= 0.6 is 0 Å². The third-order valence-electron chi connectivity index (χ3n) is 1.86. The van der Waals surface area contributed by atoms with E-state index in [0.29, 0.717) is 6.54 Å². The number of carboxylic acids is 1. The number of carbonyl (C=O) groups excluding carboxylic acids is 1. The summed E-state index contributed by atoms with van der Waals surface area (Å²) in [5.41, 5.74) is 0. The van der Waals surface area contributed by atoms with E-state index in [-0.39, 0.29) is 13.2 Å². The van der Waals surface area contributed by atoms with E-state index in [9.17, 15) is 9.59 Å². The summed E-state index contributed by atoms with van der Waals surface area (Å²) in [5.74, 6) is -1.08. The molecule has 0 aromatic carbocycles. The number of amides is 2. The van der Waals surface area contributed by atoms with Gasteiger partial charge >= 0.3 is 12.0 Å². The highest BCUT2D eigenvalue weighted by molar-refractivity contribution is 5.82. The van der Waals surface area contributed by atoms with Gasteiger partial charge in [-0.1, -0.05) is 6.92 Å². The minimum absolute atomic E-state index is 0.130. The Morgan fingerprint density at radius 3 is 2.40 bits per heavy atom. The predicted octanol–water partition coefficient (Wildman–Crippen LogP) is -0.127. The molecule has 0 aromatic heterocycles. The zero-order chi connectivity index (χ0) is 11.8. The fourth-order valence-corrected chi connectivity index (χ4v) is 1.04. The molecule has 0 saturated heterocycles. The van der Waals surface area contributed by atoms with Gasteiger partial charge < -0.3 is 20.4 Å². The summed E-state index contributed by atoms with van der Waals surface area (Å²) >= 11 is 0. The van der Waals surface area contributed by atoms with Gasteiger partial charge in [0.05, 0.1) is 6.61 Å². The Morgan fingerprint density at radius 2 is 2.00 bits per heavy atom. The molecule has 6 nitrogen and oxygen atoms in total. The molecule has 15 heavy (non-hydrogen) atoms. The maximum atomic E-state index is 11.5. The Hall–Kier alpha value is -1.30. The summed E-state index contributed by atoms with van der Waals surface area (Å²) in [6.45, 7) is 3.88. The van der Waals surface area contributed by atoms with Crippen LogP contribution in [0, 0.1) is 0 Å². The van der Waals surface area contributed by atoms with Crippen molar-refractivity contribution < 1.29 is 19.8 Å². The number of urea groups is 1. The topological polar surface area (TPSA) is 89.9 Å². The van der Waals surface area contributed by atoms with Crippen molar-refractivity contribution in [2.45, 2.75) is 26.3 Å². The van der Waals surface area contributed by atoms with Gasteiger partial charge in [0.15, 0.2) is 0 Å². The largest absolute Gasteiger partial charge is 0.480 e. The molecule has 0 rings (SSSR count). The van der Waals surface area contributed by atoms with Crippen LogP contribution in [0.2, 0.25) is 0 Å². The highest BCUT2D eigenvalue weighted by Gasteiger charge is 2.18. The van der Waals surface area contributed by atoms with Crippen LogP contribution in [0.3, 0.4) is 0 Å². The van der Waals surface area contributed by atoms with Crippen molar-refractivity contribution in [3.05, 3.63) is 0 Å².